The third kappa shape index (κ3) is 4.51. The molecule has 0 unspecified atom stereocenters. The van der Waals surface area contributed by atoms with Crippen LogP contribution in [0.25, 0.3) is 0 Å². The van der Waals surface area contributed by atoms with E-state index in [1.807, 2.05) is 31.3 Å². The molecule has 1 aliphatic carbocycles. The van der Waals surface area contributed by atoms with Crippen LogP contribution in [-0.4, -0.2) is 30.4 Å². The molecule has 0 heterocycles. The van der Waals surface area contributed by atoms with Crippen molar-refractivity contribution >= 4 is 17.5 Å². The van der Waals surface area contributed by atoms with Crippen LogP contribution >= 0.6 is 11.6 Å². The highest BCUT2D eigenvalue weighted by molar-refractivity contribution is 6.30. The molecule has 3 nitrogen and oxygen atoms in total. The lowest BCUT2D eigenvalue weighted by Gasteiger charge is -2.19. The lowest BCUT2D eigenvalue weighted by atomic mass is 10.2. The van der Waals surface area contributed by atoms with Gasteiger partial charge in [0.25, 0.3) is 0 Å². The SMILES string of the molecule is CN(Cc1ccc(Cl)cc1)C(=O)CNC1CCCC1. The highest BCUT2D eigenvalue weighted by Crippen LogP contribution is 2.17. The summed E-state index contributed by atoms with van der Waals surface area (Å²) in [4.78, 5) is 13.8. The van der Waals surface area contributed by atoms with Gasteiger partial charge in [-0.15, -0.1) is 0 Å². The van der Waals surface area contributed by atoms with Gasteiger partial charge in [-0.2, -0.15) is 0 Å². The fourth-order valence-electron chi connectivity index (χ4n) is 2.45. The molecule has 1 fully saturated rings. The Hall–Kier alpha value is -1.06. The molecular formula is C15H21ClN2O. The molecule has 1 amide bonds. The number of carbonyl (C=O) groups excluding carboxylic acids is 1. The van der Waals surface area contributed by atoms with Crippen LogP contribution in [0.5, 0.6) is 0 Å². The molecule has 0 bridgehead atoms. The number of rotatable bonds is 5. The van der Waals surface area contributed by atoms with Crippen LogP contribution in [0.4, 0.5) is 0 Å². The summed E-state index contributed by atoms with van der Waals surface area (Å²) < 4.78 is 0. The fraction of sp³-hybridized carbons (Fsp3) is 0.533. The van der Waals surface area contributed by atoms with Crippen molar-refractivity contribution in [3.8, 4) is 0 Å². The van der Waals surface area contributed by atoms with E-state index in [1.54, 1.807) is 4.90 Å². The molecule has 0 aliphatic heterocycles. The lowest BCUT2D eigenvalue weighted by Crippen LogP contribution is -2.38. The topological polar surface area (TPSA) is 32.3 Å². The van der Waals surface area contributed by atoms with Crippen molar-refractivity contribution in [1.29, 1.82) is 0 Å². The zero-order valence-electron chi connectivity index (χ0n) is 11.4. The van der Waals surface area contributed by atoms with Gasteiger partial charge in [0.1, 0.15) is 0 Å². The zero-order chi connectivity index (χ0) is 13.7. The van der Waals surface area contributed by atoms with Gasteiger partial charge in [-0.1, -0.05) is 36.6 Å². The van der Waals surface area contributed by atoms with Gasteiger partial charge < -0.3 is 10.2 Å². The molecule has 0 aromatic heterocycles. The van der Waals surface area contributed by atoms with Gasteiger partial charge >= 0.3 is 0 Å². The molecule has 1 aromatic rings. The Morgan fingerprint density at radius 2 is 1.95 bits per heavy atom. The van der Waals surface area contributed by atoms with Crippen LogP contribution in [-0.2, 0) is 11.3 Å². The average Bonchev–Trinajstić information content (AvgIpc) is 2.91. The summed E-state index contributed by atoms with van der Waals surface area (Å²) in [5.41, 5.74) is 1.10. The molecule has 1 aromatic carbocycles. The van der Waals surface area contributed by atoms with E-state index in [0.29, 0.717) is 19.1 Å². The number of amides is 1. The third-order valence-corrected chi connectivity index (χ3v) is 3.91. The predicted molar refractivity (Wildman–Crippen MR) is 78.2 cm³/mol. The van der Waals surface area contributed by atoms with E-state index in [4.69, 9.17) is 11.6 Å². The molecule has 0 spiro atoms. The quantitative estimate of drug-likeness (QED) is 0.899. The molecule has 4 heteroatoms. The summed E-state index contributed by atoms with van der Waals surface area (Å²) in [5.74, 6) is 0.141. The maximum atomic E-state index is 12.0. The summed E-state index contributed by atoms with van der Waals surface area (Å²) in [5, 5.41) is 4.07. The number of halogens is 1. The normalized spacial score (nSPS) is 15.7. The highest BCUT2D eigenvalue weighted by atomic mass is 35.5. The first kappa shape index (κ1) is 14.4. The third-order valence-electron chi connectivity index (χ3n) is 3.66. The van der Waals surface area contributed by atoms with E-state index in [0.717, 1.165) is 10.6 Å². The maximum absolute atomic E-state index is 12.0. The standard InChI is InChI=1S/C15H21ClN2O/c1-18(11-12-6-8-13(16)9-7-12)15(19)10-17-14-4-2-3-5-14/h6-9,14,17H,2-5,10-11H2,1H3. The van der Waals surface area contributed by atoms with Crippen LogP contribution in [0.3, 0.4) is 0 Å². The minimum absolute atomic E-state index is 0.141. The second-order valence-corrected chi connectivity index (χ2v) is 5.67. The van der Waals surface area contributed by atoms with Gasteiger partial charge in [0.2, 0.25) is 5.91 Å². The van der Waals surface area contributed by atoms with E-state index in [1.165, 1.54) is 25.7 Å². The van der Waals surface area contributed by atoms with Crippen LogP contribution in [0, 0.1) is 0 Å². The van der Waals surface area contributed by atoms with E-state index in [-0.39, 0.29) is 5.91 Å². The van der Waals surface area contributed by atoms with E-state index in [9.17, 15) is 4.79 Å². The lowest BCUT2D eigenvalue weighted by molar-refractivity contribution is -0.129. The summed E-state index contributed by atoms with van der Waals surface area (Å²) in [6.07, 6.45) is 4.97. The number of likely N-dealkylation sites (N-methyl/N-ethyl adjacent to an activating group) is 1. The average molecular weight is 281 g/mol. The van der Waals surface area contributed by atoms with Crippen molar-refractivity contribution < 1.29 is 4.79 Å². The minimum atomic E-state index is 0.141. The number of benzene rings is 1. The molecule has 2 rings (SSSR count). The summed E-state index contributed by atoms with van der Waals surface area (Å²) in [6.45, 7) is 1.07. The summed E-state index contributed by atoms with van der Waals surface area (Å²) in [7, 11) is 1.84. The van der Waals surface area contributed by atoms with Crippen LogP contribution in [0.1, 0.15) is 31.2 Å². The molecule has 1 N–H and O–H groups in total. The van der Waals surface area contributed by atoms with Crippen molar-refractivity contribution in [2.24, 2.45) is 0 Å². The number of nitrogens with zero attached hydrogens (tertiary/aromatic N) is 1. The predicted octanol–water partition coefficient (Wildman–Crippen LogP) is 2.83. The van der Waals surface area contributed by atoms with Crippen molar-refractivity contribution in [3.05, 3.63) is 34.9 Å². The van der Waals surface area contributed by atoms with Crippen molar-refractivity contribution in [3.63, 3.8) is 0 Å². The Kier molecular flexibility index (Phi) is 5.23. The van der Waals surface area contributed by atoms with Gasteiger partial charge in [-0.25, -0.2) is 0 Å². The molecule has 0 saturated heterocycles. The summed E-state index contributed by atoms with van der Waals surface area (Å²) >= 11 is 5.84. The first-order valence-corrected chi connectivity index (χ1v) is 7.25. The molecule has 1 saturated carbocycles. The van der Waals surface area contributed by atoms with Crippen molar-refractivity contribution in [1.82, 2.24) is 10.2 Å². The van der Waals surface area contributed by atoms with Gasteiger partial charge in [-0.3, -0.25) is 4.79 Å². The monoisotopic (exact) mass is 280 g/mol. The molecule has 0 radical (unpaired) electrons. The summed E-state index contributed by atoms with van der Waals surface area (Å²) in [6, 6.07) is 8.15. The van der Waals surface area contributed by atoms with Gasteiger partial charge in [0.15, 0.2) is 0 Å². The first-order valence-electron chi connectivity index (χ1n) is 6.87. The maximum Gasteiger partial charge on any atom is 0.236 e. The highest BCUT2D eigenvalue weighted by Gasteiger charge is 2.16. The second-order valence-electron chi connectivity index (χ2n) is 5.24. The van der Waals surface area contributed by atoms with Crippen LogP contribution in [0.15, 0.2) is 24.3 Å². The Balaban J connectivity index is 1.76. The molecular weight excluding hydrogens is 260 g/mol. The minimum Gasteiger partial charge on any atom is -0.340 e. The number of carbonyl (C=O) groups is 1. The van der Waals surface area contributed by atoms with Gasteiger partial charge in [0.05, 0.1) is 6.54 Å². The number of hydrogen-bond acceptors (Lipinski definition) is 2. The van der Waals surface area contributed by atoms with Crippen molar-refractivity contribution in [2.75, 3.05) is 13.6 Å². The molecule has 0 atom stereocenters. The fourth-order valence-corrected chi connectivity index (χ4v) is 2.57. The Labute approximate surface area is 119 Å². The van der Waals surface area contributed by atoms with E-state index in [2.05, 4.69) is 5.32 Å². The molecule has 19 heavy (non-hydrogen) atoms. The van der Waals surface area contributed by atoms with E-state index < -0.39 is 0 Å². The first-order chi connectivity index (χ1) is 9.15. The molecule has 1 aliphatic rings. The Morgan fingerprint density at radius 3 is 2.58 bits per heavy atom. The zero-order valence-corrected chi connectivity index (χ0v) is 12.1. The van der Waals surface area contributed by atoms with Gasteiger partial charge in [0, 0.05) is 24.7 Å². The Bertz CT molecular complexity index is 413. The molecule has 104 valence electrons. The largest absolute Gasteiger partial charge is 0.340 e. The number of hydrogen-bond donors (Lipinski definition) is 1. The smallest absolute Gasteiger partial charge is 0.236 e. The van der Waals surface area contributed by atoms with Crippen LogP contribution in [0.2, 0.25) is 5.02 Å². The van der Waals surface area contributed by atoms with Crippen molar-refractivity contribution in [2.45, 2.75) is 38.3 Å². The van der Waals surface area contributed by atoms with E-state index >= 15 is 0 Å². The number of nitrogens with one attached hydrogen (secondary N) is 1. The Morgan fingerprint density at radius 1 is 1.32 bits per heavy atom. The second kappa shape index (κ2) is 6.92. The van der Waals surface area contributed by atoms with Gasteiger partial charge in [-0.05, 0) is 30.5 Å². The van der Waals surface area contributed by atoms with Crippen LogP contribution < -0.4 is 5.32 Å².